The molecular weight excluding hydrogens is 412 g/mol. The lowest BCUT2D eigenvalue weighted by Gasteiger charge is -2.59. The number of aliphatic hydroxyl groups is 1. The molecule has 0 radical (unpaired) electrons. The first kappa shape index (κ1) is 22.7. The average molecular weight is 457 g/mol. The van der Waals surface area contributed by atoms with Crippen molar-refractivity contribution in [3.05, 3.63) is 11.6 Å². The van der Waals surface area contributed by atoms with E-state index in [4.69, 9.17) is 9.47 Å². The zero-order valence-corrected chi connectivity index (χ0v) is 20.8. The lowest BCUT2D eigenvalue weighted by molar-refractivity contribution is -0.137. The fraction of sp³-hybridized carbons (Fsp3) is 0.897. The molecule has 3 saturated carbocycles. The molecule has 0 aromatic rings. The summed E-state index contributed by atoms with van der Waals surface area (Å²) in [7, 11) is 0. The number of ketones is 1. The highest BCUT2D eigenvalue weighted by Gasteiger charge is 2.64. The topological polar surface area (TPSA) is 55.8 Å². The van der Waals surface area contributed by atoms with E-state index in [1.54, 1.807) is 0 Å². The third-order valence-corrected chi connectivity index (χ3v) is 11.4. The van der Waals surface area contributed by atoms with Gasteiger partial charge in [0, 0.05) is 25.6 Å². The molecule has 1 N–H and O–H groups in total. The van der Waals surface area contributed by atoms with E-state index in [1.165, 1.54) is 44.1 Å². The molecule has 4 heteroatoms. The predicted octanol–water partition coefficient (Wildman–Crippen LogP) is 5.47. The Labute approximate surface area is 199 Å². The zero-order valence-electron chi connectivity index (χ0n) is 20.8. The van der Waals surface area contributed by atoms with E-state index in [1.807, 2.05) is 0 Å². The molecule has 2 heterocycles. The third-order valence-electron chi connectivity index (χ3n) is 11.4. The molecule has 6 aliphatic rings. The van der Waals surface area contributed by atoms with Gasteiger partial charge in [-0.3, -0.25) is 4.79 Å². The van der Waals surface area contributed by atoms with Gasteiger partial charge >= 0.3 is 0 Å². The Morgan fingerprint density at radius 1 is 0.879 bits per heavy atom. The van der Waals surface area contributed by atoms with Crippen LogP contribution in [0.3, 0.4) is 0 Å². The number of aliphatic hydroxyl groups excluding tert-OH is 1. The second kappa shape index (κ2) is 8.45. The van der Waals surface area contributed by atoms with Crippen molar-refractivity contribution in [2.24, 2.45) is 40.4 Å². The predicted molar refractivity (Wildman–Crippen MR) is 128 cm³/mol. The van der Waals surface area contributed by atoms with E-state index in [2.05, 4.69) is 19.9 Å². The van der Waals surface area contributed by atoms with E-state index in [0.717, 1.165) is 45.3 Å². The van der Waals surface area contributed by atoms with Crippen LogP contribution in [0.25, 0.3) is 0 Å². The highest BCUT2D eigenvalue weighted by Crippen LogP contribution is 2.66. The van der Waals surface area contributed by atoms with Gasteiger partial charge in [0.1, 0.15) is 5.78 Å². The highest BCUT2D eigenvalue weighted by atomic mass is 16.5. The van der Waals surface area contributed by atoms with Crippen molar-refractivity contribution >= 4 is 5.78 Å². The number of carbonyl (C=O) groups excluding carboxylic acids is 1. The monoisotopic (exact) mass is 456 g/mol. The standard InChI is InChI=1S/C29H44O4/c1-28-11-9-18(24-7-3-5-13-32-24)15-19(28)16-22(30)26-20(28)10-12-29(2)21(26)17-23(31)27(29)25-8-4-6-14-33-25/h16,18,20-22,24-27,30H,3-15,17H2,1-2H3/t18-,20?,21?,22+,24?,25?,26?,27+,28-,29-/m0/s1. The Bertz CT molecular complexity index is 793. The SMILES string of the molecule is C[C@]12CC[C@H](C3CCCCO3)CC1=C[C@@H](O)C1C2CC[C@@]2(C)C1CC(=O)[C@@H]2C1CCCCO1. The fourth-order valence-electron chi connectivity index (χ4n) is 9.63. The van der Waals surface area contributed by atoms with Crippen LogP contribution in [0, 0.1) is 40.4 Å². The van der Waals surface area contributed by atoms with Gasteiger partial charge in [0.15, 0.2) is 0 Å². The molecule has 0 bridgehead atoms. The van der Waals surface area contributed by atoms with E-state index in [9.17, 15) is 9.90 Å². The zero-order chi connectivity index (χ0) is 22.8. The fourth-order valence-corrected chi connectivity index (χ4v) is 9.63. The van der Waals surface area contributed by atoms with Crippen LogP contribution >= 0.6 is 0 Å². The lowest BCUT2D eigenvalue weighted by atomic mass is 9.46. The Hall–Kier alpha value is -0.710. The molecule has 4 nitrogen and oxygen atoms in total. The van der Waals surface area contributed by atoms with Crippen LogP contribution in [0.5, 0.6) is 0 Å². The number of hydrogen-bond donors (Lipinski definition) is 1. The molecule has 10 atom stereocenters. The number of Topliss-reactive ketones (excluding diaryl/α,β-unsaturated/α-hetero) is 1. The number of rotatable bonds is 2. The summed E-state index contributed by atoms with van der Waals surface area (Å²) in [6.07, 6.45) is 15.9. The maximum atomic E-state index is 13.4. The van der Waals surface area contributed by atoms with Gasteiger partial charge in [-0.1, -0.05) is 25.5 Å². The minimum absolute atomic E-state index is 0.0178. The molecule has 0 aromatic carbocycles. The Balaban J connectivity index is 1.27. The summed E-state index contributed by atoms with van der Waals surface area (Å²) in [5.41, 5.74) is 1.66. The molecule has 5 fully saturated rings. The van der Waals surface area contributed by atoms with Gasteiger partial charge in [0.2, 0.25) is 0 Å². The van der Waals surface area contributed by atoms with Gasteiger partial charge in [-0.2, -0.15) is 0 Å². The van der Waals surface area contributed by atoms with Gasteiger partial charge in [-0.15, -0.1) is 0 Å². The van der Waals surface area contributed by atoms with Crippen molar-refractivity contribution in [2.75, 3.05) is 13.2 Å². The number of carbonyl (C=O) groups is 1. The average Bonchev–Trinajstić information content (AvgIpc) is 3.10. The molecule has 2 aliphatic heterocycles. The molecule has 6 rings (SSSR count). The van der Waals surface area contributed by atoms with Crippen LogP contribution in [0.1, 0.15) is 90.9 Å². The quantitative estimate of drug-likeness (QED) is 0.560. The third kappa shape index (κ3) is 3.52. The van der Waals surface area contributed by atoms with Crippen LogP contribution in [0.4, 0.5) is 0 Å². The van der Waals surface area contributed by atoms with Gasteiger partial charge < -0.3 is 14.6 Å². The summed E-state index contributed by atoms with van der Waals surface area (Å²) >= 11 is 0. The molecule has 0 aromatic heterocycles. The molecular formula is C29H44O4. The van der Waals surface area contributed by atoms with E-state index in [-0.39, 0.29) is 28.8 Å². The summed E-state index contributed by atoms with van der Waals surface area (Å²) in [5, 5.41) is 11.5. The van der Waals surface area contributed by atoms with Crippen LogP contribution in [0.15, 0.2) is 11.6 Å². The maximum Gasteiger partial charge on any atom is 0.139 e. The highest BCUT2D eigenvalue weighted by molar-refractivity contribution is 5.85. The van der Waals surface area contributed by atoms with Crippen LogP contribution in [-0.4, -0.2) is 42.4 Å². The second-order valence-corrected chi connectivity index (χ2v) is 12.9. The first-order valence-electron chi connectivity index (χ1n) is 14.1. The van der Waals surface area contributed by atoms with Crippen LogP contribution in [-0.2, 0) is 14.3 Å². The number of ether oxygens (including phenoxy) is 2. The number of hydrogen-bond acceptors (Lipinski definition) is 4. The van der Waals surface area contributed by atoms with Crippen molar-refractivity contribution in [2.45, 2.75) is 109 Å². The summed E-state index contributed by atoms with van der Waals surface area (Å²) in [5.74, 6) is 2.08. The summed E-state index contributed by atoms with van der Waals surface area (Å²) < 4.78 is 12.4. The van der Waals surface area contributed by atoms with E-state index in [0.29, 0.717) is 36.1 Å². The number of allylic oxidation sites excluding steroid dienone is 1. The minimum atomic E-state index is -0.410. The molecule has 0 amide bonds. The summed E-state index contributed by atoms with van der Waals surface area (Å²) in [6.45, 7) is 6.58. The van der Waals surface area contributed by atoms with E-state index < -0.39 is 6.10 Å². The van der Waals surface area contributed by atoms with Crippen LogP contribution < -0.4 is 0 Å². The van der Waals surface area contributed by atoms with Gasteiger partial charge in [0.25, 0.3) is 0 Å². The summed E-state index contributed by atoms with van der Waals surface area (Å²) in [6, 6.07) is 0. The number of fused-ring (bicyclic) bond motifs is 5. The Morgan fingerprint density at radius 3 is 2.30 bits per heavy atom. The Morgan fingerprint density at radius 2 is 1.61 bits per heavy atom. The van der Waals surface area contributed by atoms with Gasteiger partial charge in [-0.05, 0) is 105 Å². The lowest BCUT2D eigenvalue weighted by Crippen LogP contribution is -2.55. The molecule has 0 spiro atoms. The van der Waals surface area contributed by atoms with Crippen LogP contribution in [0.2, 0.25) is 0 Å². The largest absolute Gasteiger partial charge is 0.389 e. The Kier molecular flexibility index (Phi) is 5.82. The molecule has 184 valence electrons. The van der Waals surface area contributed by atoms with Gasteiger partial charge in [0.05, 0.1) is 18.3 Å². The summed E-state index contributed by atoms with van der Waals surface area (Å²) in [4.78, 5) is 13.4. The molecule has 5 unspecified atom stereocenters. The van der Waals surface area contributed by atoms with Crippen molar-refractivity contribution in [3.8, 4) is 0 Å². The van der Waals surface area contributed by atoms with Crippen molar-refractivity contribution < 1.29 is 19.4 Å². The van der Waals surface area contributed by atoms with Crippen molar-refractivity contribution in [1.29, 1.82) is 0 Å². The smallest absolute Gasteiger partial charge is 0.139 e. The first-order valence-corrected chi connectivity index (χ1v) is 14.1. The first-order chi connectivity index (χ1) is 15.9. The second-order valence-electron chi connectivity index (χ2n) is 12.9. The maximum absolute atomic E-state index is 13.4. The molecule has 33 heavy (non-hydrogen) atoms. The van der Waals surface area contributed by atoms with Crippen molar-refractivity contribution in [1.82, 2.24) is 0 Å². The van der Waals surface area contributed by atoms with Gasteiger partial charge in [-0.25, -0.2) is 0 Å². The molecule has 4 aliphatic carbocycles. The minimum Gasteiger partial charge on any atom is -0.389 e. The molecule has 2 saturated heterocycles. The normalized spacial score (nSPS) is 52.5. The van der Waals surface area contributed by atoms with Crippen molar-refractivity contribution in [3.63, 3.8) is 0 Å². The van der Waals surface area contributed by atoms with E-state index >= 15 is 0 Å².